The first kappa shape index (κ1) is 16.8. The molecule has 0 aromatic rings. The highest BCUT2D eigenvalue weighted by Gasteiger charge is 2.41. The smallest absolute Gasteiger partial charge is 0.309 e. The first-order valence-electron chi connectivity index (χ1n) is 8.42. The van der Waals surface area contributed by atoms with E-state index in [-0.39, 0.29) is 18.0 Å². The lowest BCUT2D eigenvalue weighted by molar-refractivity contribution is -0.283. The van der Waals surface area contributed by atoms with Gasteiger partial charge in [0, 0.05) is 12.8 Å². The van der Waals surface area contributed by atoms with E-state index in [1.54, 1.807) is 0 Å². The van der Waals surface area contributed by atoms with Gasteiger partial charge in [-0.3, -0.25) is 4.79 Å². The van der Waals surface area contributed by atoms with Gasteiger partial charge < -0.3 is 14.2 Å². The maximum Gasteiger partial charge on any atom is 0.309 e. The Labute approximate surface area is 128 Å². The molecule has 0 bridgehead atoms. The van der Waals surface area contributed by atoms with Gasteiger partial charge >= 0.3 is 5.97 Å². The zero-order chi connectivity index (χ0) is 15.5. The van der Waals surface area contributed by atoms with Crippen molar-refractivity contribution in [3.05, 3.63) is 0 Å². The van der Waals surface area contributed by atoms with Crippen LogP contribution in [0.15, 0.2) is 0 Å². The molecular formula is C17H30O4. The van der Waals surface area contributed by atoms with Crippen molar-refractivity contribution in [3.8, 4) is 0 Å². The minimum atomic E-state index is -0.412. The van der Waals surface area contributed by atoms with Gasteiger partial charge in [-0.1, -0.05) is 27.7 Å². The Morgan fingerprint density at radius 2 is 1.57 bits per heavy atom. The van der Waals surface area contributed by atoms with Gasteiger partial charge in [0.25, 0.3) is 0 Å². The molecule has 21 heavy (non-hydrogen) atoms. The monoisotopic (exact) mass is 298 g/mol. The molecule has 0 aromatic heterocycles. The van der Waals surface area contributed by atoms with Gasteiger partial charge in [-0.2, -0.15) is 0 Å². The van der Waals surface area contributed by atoms with E-state index in [2.05, 4.69) is 27.7 Å². The quantitative estimate of drug-likeness (QED) is 0.745. The Balaban J connectivity index is 1.85. The van der Waals surface area contributed by atoms with Crippen LogP contribution in [0.3, 0.4) is 0 Å². The second-order valence-corrected chi connectivity index (χ2v) is 7.12. The summed E-state index contributed by atoms with van der Waals surface area (Å²) < 4.78 is 17.4. The molecule has 4 nitrogen and oxygen atoms in total. The lowest BCUT2D eigenvalue weighted by Crippen LogP contribution is -2.45. The maximum absolute atomic E-state index is 12.4. The van der Waals surface area contributed by atoms with E-state index in [9.17, 15) is 4.79 Å². The van der Waals surface area contributed by atoms with Crippen molar-refractivity contribution in [3.63, 3.8) is 0 Å². The van der Waals surface area contributed by atoms with Crippen LogP contribution in [-0.4, -0.2) is 31.1 Å². The maximum atomic E-state index is 12.4. The summed E-state index contributed by atoms with van der Waals surface area (Å²) in [4.78, 5) is 12.4. The van der Waals surface area contributed by atoms with Crippen LogP contribution in [0.1, 0.15) is 59.8 Å². The van der Waals surface area contributed by atoms with E-state index >= 15 is 0 Å². The van der Waals surface area contributed by atoms with Crippen molar-refractivity contribution in [1.29, 1.82) is 0 Å². The number of hydrogen-bond acceptors (Lipinski definition) is 4. The van der Waals surface area contributed by atoms with Gasteiger partial charge in [0.2, 0.25) is 0 Å². The minimum Gasteiger partial charge on any atom is -0.462 e. The zero-order valence-corrected chi connectivity index (χ0v) is 13.9. The van der Waals surface area contributed by atoms with Crippen LogP contribution in [0, 0.1) is 17.8 Å². The summed E-state index contributed by atoms with van der Waals surface area (Å²) in [7, 11) is 0. The Kier molecular flexibility index (Phi) is 5.67. The molecule has 2 fully saturated rings. The van der Waals surface area contributed by atoms with E-state index in [4.69, 9.17) is 14.2 Å². The van der Waals surface area contributed by atoms with Crippen molar-refractivity contribution in [2.24, 2.45) is 17.8 Å². The Morgan fingerprint density at radius 1 is 1.05 bits per heavy atom. The number of rotatable bonds is 4. The summed E-state index contributed by atoms with van der Waals surface area (Å²) in [5, 5.41) is 0. The third kappa shape index (κ3) is 4.19. The molecule has 2 rings (SSSR count). The van der Waals surface area contributed by atoms with Gasteiger partial charge in [-0.05, 0) is 31.1 Å². The fourth-order valence-electron chi connectivity index (χ4n) is 3.47. The highest BCUT2D eigenvalue weighted by Crippen LogP contribution is 2.38. The summed E-state index contributed by atoms with van der Waals surface area (Å²) in [6.07, 6.45) is 4.21. The Bertz CT molecular complexity index is 327. The van der Waals surface area contributed by atoms with Crippen LogP contribution < -0.4 is 0 Å². The van der Waals surface area contributed by atoms with E-state index in [0.29, 0.717) is 11.8 Å². The molecule has 0 unspecified atom stereocenters. The third-order valence-corrected chi connectivity index (χ3v) is 4.67. The first-order valence-corrected chi connectivity index (χ1v) is 8.42. The van der Waals surface area contributed by atoms with Crippen LogP contribution in [-0.2, 0) is 19.0 Å². The van der Waals surface area contributed by atoms with Crippen molar-refractivity contribution < 1.29 is 19.0 Å². The summed E-state index contributed by atoms with van der Waals surface area (Å²) in [5.74, 6) is 0.269. The van der Waals surface area contributed by atoms with Crippen molar-refractivity contribution in [1.82, 2.24) is 0 Å². The molecule has 0 amide bonds. The van der Waals surface area contributed by atoms with E-state index in [1.807, 2.05) is 0 Å². The van der Waals surface area contributed by atoms with E-state index in [0.717, 1.165) is 45.3 Å². The fraction of sp³-hybridized carbons (Fsp3) is 0.941. The zero-order valence-electron chi connectivity index (χ0n) is 13.9. The van der Waals surface area contributed by atoms with E-state index in [1.165, 1.54) is 0 Å². The highest BCUT2D eigenvalue weighted by atomic mass is 16.7. The predicted octanol–water partition coefficient (Wildman–Crippen LogP) is 3.53. The molecule has 1 saturated carbocycles. The molecule has 1 heterocycles. The SMILES string of the molecule is CC(C)C(OC(=O)C1CCC2(CC1)OCCCO2)C(C)C. The van der Waals surface area contributed by atoms with E-state index < -0.39 is 5.79 Å². The minimum absolute atomic E-state index is 0.00440. The van der Waals surface area contributed by atoms with Gasteiger partial charge in [-0.15, -0.1) is 0 Å². The average molecular weight is 298 g/mol. The molecule has 0 atom stereocenters. The average Bonchev–Trinajstić information content (AvgIpc) is 2.45. The summed E-state index contributed by atoms with van der Waals surface area (Å²) in [5.41, 5.74) is 0. The Morgan fingerprint density at radius 3 is 2.05 bits per heavy atom. The standard InChI is InChI=1S/C17H30O4/c1-12(2)15(13(3)4)21-16(18)14-6-8-17(9-7-14)19-10-5-11-20-17/h12-15H,5-11H2,1-4H3. The second-order valence-electron chi connectivity index (χ2n) is 7.12. The summed E-state index contributed by atoms with van der Waals surface area (Å²) >= 11 is 0. The molecule has 122 valence electrons. The highest BCUT2D eigenvalue weighted by molar-refractivity contribution is 5.72. The molecule has 2 aliphatic rings. The largest absolute Gasteiger partial charge is 0.462 e. The molecule has 1 spiro atoms. The first-order chi connectivity index (χ1) is 9.93. The molecule has 0 N–H and O–H groups in total. The lowest BCUT2D eigenvalue weighted by Gasteiger charge is -2.41. The second kappa shape index (κ2) is 7.10. The van der Waals surface area contributed by atoms with Crippen LogP contribution in [0.2, 0.25) is 0 Å². The van der Waals surface area contributed by atoms with Crippen molar-refractivity contribution in [2.45, 2.75) is 71.7 Å². The molecule has 1 aliphatic carbocycles. The molecule has 0 radical (unpaired) electrons. The number of carbonyl (C=O) groups is 1. The van der Waals surface area contributed by atoms with Crippen LogP contribution in [0.25, 0.3) is 0 Å². The normalized spacial score (nSPS) is 23.2. The van der Waals surface area contributed by atoms with Gasteiger partial charge in [0.05, 0.1) is 19.1 Å². The van der Waals surface area contributed by atoms with Crippen LogP contribution in [0.5, 0.6) is 0 Å². The van der Waals surface area contributed by atoms with Crippen molar-refractivity contribution >= 4 is 5.97 Å². The number of hydrogen-bond donors (Lipinski definition) is 0. The molecule has 1 saturated heterocycles. The Hall–Kier alpha value is -0.610. The molecular weight excluding hydrogens is 268 g/mol. The summed E-state index contributed by atoms with van der Waals surface area (Å²) in [6, 6.07) is 0. The van der Waals surface area contributed by atoms with Crippen LogP contribution >= 0.6 is 0 Å². The number of ether oxygens (including phenoxy) is 3. The van der Waals surface area contributed by atoms with Gasteiger partial charge in [-0.25, -0.2) is 0 Å². The van der Waals surface area contributed by atoms with Crippen molar-refractivity contribution in [2.75, 3.05) is 13.2 Å². The molecule has 4 heteroatoms. The van der Waals surface area contributed by atoms with Gasteiger partial charge in [0.1, 0.15) is 6.10 Å². The summed E-state index contributed by atoms with van der Waals surface area (Å²) in [6.45, 7) is 9.99. The van der Waals surface area contributed by atoms with Gasteiger partial charge in [0.15, 0.2) is 5.79 Å². The topological polar surface area (TPSA) is 44.8 Å². The van der Waals surface area contributed by atoms with Crippen LogP contribution in [0.4, 0.5) is 0 Å². The molecule has 1 aliphatic heterocycles. The lowest BCUT2D eigenvalue weighted by atomic mass is 9.84. The third-order valence-electron chi connectivity index (χ3n) is 4.67. The fourth-order valence-corrected chi connectivity index (χ4v) is 3.47. The predicted molar refractivity (Wildman–Crippen MR) is 80.8 cm³/mol. The molecule has 0 aromatic carbocycles. The number of esters is 1. The number of carbonyl (C=O) groups excluding carboxylic acids is 1.